The summed E-state index contributed by atoms with van der Waals surface area (Å²) in [6, 6.07) is 9.04. The number of aryl methyl sites for hydroxylation is 1. The lowest BCUT2D eigenvalue weighted by molar-refractivity contribution is 0.146. The molecule has 1 aromatic heterocycles. The minimum atomic E-state index is -2.86. The molecule has 0 radical (unpaired) electrons. The average Bonchev–Trinajstić information content (AvgIpc) is 2.55. The van der Waals surface area contributed by atoms with Gasteiger partial charge in [-0.2, -0.15) is 0 Å². The van der Waals surface area contributed by atoms with E-state index in [4.69, 9.17) is 0 Å². The zero-order chi connectivity index (χ0) is 18.1. The van der Waals surface area contributed by atoms with Crippen LogP contribution in [0.2, 0.25) is 0 Å². The highest BCUT2D eigenvalue weighted by Gasteiger charge is 2.20. The van der Waals surface area contributed by atoms with Gasteiger partial charge in [-0.25, -0.2) is 23.1 Å². The second kappa shape index (κ2) is 7.00. The Hall–Kier alpha value is -2.15. The Labute approximate surface area is 151 Å². The maximum Gasteiger partial charge on any atom is 0.266 e. The SMILES string of the molecule is Cc1nc(N[C@H](C)c2cccc(C(F)F)c2F)c2cc(Br)ccc2n1. The summed E-state index contributed by atoms with van der Waals surface area (Å²) in [5.41, 5.74) is 0.307. The fraction of sp³-hybridized carbons (Fsp3) is 0.222. The van der Waals surface area contributed by atoms with Gasteiger partial charge in [-0.1, -0.05) is 34.1 Å². The molecule has 3 aromatic rings. The van der Waals surface area contributed by atoms with Crippen LogP contribution in [-0.2, 0) is 0 Å². The van der Waals surface area contributed by atoms with Crippen molar-refractivity contribution in [3.63, 3.8) is 0 Å². The number of fused-ring (bicyclic) bond motifs is 1. The zero-order valence-corrected chi connectivity index (χ0v) is 15.1. The molecule has 1 heterocycles. The van der Waals surface area contributed by atoms with Crippen LogP contribution in [0.15, 0.2) is 40.9 Å². The molecule has 0 aliphatic carbocycles. The first kappa shape index (κ1) is 17.7. The molecule has 0 aliphatic rings. The standard InChI is InChI=1S/C18H15BrF3N3/c1-9(12-4-3-5-13(16(12)20)17(21)22)23-18-14-8-11(19)6-7-15(14)24-10(2)25-18/h3-9,17H,1-2H3,(H,23,24,25)/t9-/m1/s1. The van der Waals surface area contributed by atoms with E-state index in [2.05, 4.69) is 31.2 Å². The predicted octanol–water partition coefficient (Wildman–Crippen LogP) is 5.95. The molecular formula is C18H15BrF3N3. The van der Waals surface area contributed by atoms with Gasteiger partial charge in [0.15, 0.2) is 0 Å². The van der Waals surface area contributed by atoms with Crippen molar-refractivity contribution in [2.45, 2.75) is 26.3 Å². The lowest BCUT2D eigenvalue weighted by Gasteiger charge is -2.18. The molecule has 0 aliphatic heterocycles. The monoisotopic (exact) mass is 409 g/mol. The zero-order valence-electron chi connectivity index (χ0n) is 13.5. The number of nitrogens with one attached hydrogen (secondary N) is 1. The van der Waals surface area contributed by atoms with Gasteiger partial charge in [0, 0.05) is 15.4 Å². The van der Waals surface area contributed by atoms with E-state index >= 15 is 0 Å². The van der Waals surface area contributed by atoms with Gasteiger partial charge in [0.25, 0.3) is 6.43 Å². The number of anilines is 1. The van der Waals surface area contributed by atoms with Gasteiger partial charge in [-0.3, -0.25) is 0 Å². The van der Waals surface area contributed by atoms with Crippen LogP contribution in [0.4, 0.5) is 19.0 Å². The van der Waals surface area contributed by atoms with Crippen LogP contribution < -0.4 is 5.32 Å². The minimum absolute atomic E-state index is 0.164. The maximum atomic E-state index is 14.4. The number of aromatic nitrogens is 2. The number of hydrogen-bond acceptors (Lipinski definition) is 3. The van der Waals surface area contributed by atoms with Crippen LogP contribution >= 0.6 is 15.9 Å². The van der Waals surface area contributed by atoms with Gasteiger partial charge >= 0.3 is 0 Å². The number of nitrogens with zero attached hydrogens (tertiary/aromatic N) is 2. The van der Waals surface area contributed by atoms with Crippen molar-refractivity contribution in [3.8, 4) is 0 Å². The molecule has 0 fully saturated rings. The van der Waals surface area contributed by atoms with Gasteiger partial charge in [-0.15, -0.1) is 0 Å². The largest absolute Gasteiger partial charge is 0.363 e. The van der Waals surface area contributed by atoms with Crippen LogP contribution in [0.3, 0.4) is 0 Å². The second-order valence-electron chi connectivity index (χ2n) is 5.70. The highest BCUT2D eigenvalue weighted by atomic mass is 79.9. The average molecular weight is 410 g/mol. The summed E-state index contributed by atoms with van der Waals surface area (Å²) in [5, 5.41) is 3.88. The van der Waals surface area contributed by atoms with Crippen molar-refractivity contribution in [1.82, 2.24) is 9.97 Å². The van der Waals surface area contributed by atoms with E-state index in [0.717, 1.165) is 21.4 Å². The molecule has 3 rings (SSSR count). The quantitative estimate of drug-likeness (QED) is 0.578. The Morgan fingerprint density at radius 3 is 2.52 bits per heavy atom. The van der Waals surface area contributed by atoms with Crippen molar-refractivity contribution in [2.75, 3.05) is 5.32 Å². The molecule has 25 heavy (non-hydrogen) atoms. The molecular weight excluding hydrogens is 395 g/mol. The van der Waals surface area contributed by atoms with Crippen LogP contribution in [0.25, 0.3) is 10.9 Å². The highest BCUT2D eigenvalue weighted by Crippen LogP contribution is 2.31. The van der Waals surface area contributed by atoms with Gasteiger partial charge in [0.05, 0.1) is 17.1 Å². The third kappa shape index (κ3) is 3.61. The fourth-order valence-electron chi connectivity index (χ4n) is 2.68. The van der Waals surface area contributed by atoms with Crippen LogP contribution in [0.5, 0.6) is 0 Å². The van der Waals surface area contributed by atoms with E-state index in [-0.39, 0.29) is 5.56 Å². The summed E-state index contributed by atoms with van der Waals surface area (Å²) in [6.45, 7) is 3.46. The highest BCUT2D eigenvalue weighted by molar-refractivity contribution is 9.10. The molecule has 2 aromatic carbocycles. The number of rotatable bonds is 4. The first-order valence-electron chi connectivity index (χ1n) is 7.63. The van der Waals surface area contributed by atoms with E-state index < -0.39 is 23.8 Å². The molecule has 0 saturated heterocycles. The van der Waals surface area contributed by atoms with Crippen molar-refractivity contribution in [1.29, 1.82) is 0 Å². The first-order valence-corrected chi connectivity index (χ1v) is 8.43. The lowest BCUT2D eigenvalue weighted by atomic mass is 10.0. The Bertz CT molecular complexity index is 931. The van der Waals surface area contributed by atoms with Crippen LogP contribution in [-0.4, -0.2) is 9.97 Å². The molecule has 130 valence electrons. The van der Waals surface area contributed by atoms with E-state index in [1.165, 1.54) is 12.1 Å². The van der Waals surface area contributed by atoms with Crippen LogP contribution in [0, 0.1) is 12.7 Å². The number of hydrogen-bond donors (Lipinski definition) is 1. The number of halogens is 4. The molecule has 0 unspecified atom stereocenters. The molecule has 0 spiro atoms. The van der Waals surface area contributed by atoms with Gasteiger partial charge < -0.3 is 5.32 Å². The third-order valence-corrected chi connectivity index (χ3v) is 4.38. The van der Waals surface area contributed by atoms with E-state index in [0.29, 0.717) is 11.6 Å². The van der Waals surface area contributed by atoms with Crippen molar-refractivity contribution in [3.05, 3.63) is 63.6 Å². The number of alkyl halides is 2. The summed E-state index contributed by atoms with van der Waals surface area (Å²) >= 11 is 3.41. The molecule has 0 saturated carbocycles. The fourth-order valence-corrected chi connectivity index (χ4v) is 3.04. The Balaban J connectivity index is 2.02. The summed E-state index contributed by atoms with van der Waals surface area (Å²) in [6.07, 6.45) is -2.86. The molecule has 0 amide bonds. The maximum absolute atomic E-state index is 14.4. The Kier molecular flexibility index (Phi) is 4.94. The summed E-state index contributed by atoms with van der Waals surface area (Å²) in [7, 11) is 0. The third-order valence-electron chi connectivity index (χ3n) is 3.88. The van der Waals surface area contributed by atoms with Gasteiger partial charge in [0.2, 0.25) is 0 Å². The number of benzene rings is 2. The topological polar surface area (TPSA) is 37.8 Å². The molecule has 3 nitrogen and oxygen atoms in total. The molecule has 0 bridgehead atoms. The summed E-state index contributed by atoms with van der Waals surface area (Å²) in [4.78, 5) is 8.75. The lowest BCUT2D eigenvalue weighted by Crippen LogP contribution is -2.12. The van der Waals surface area contributed by atoms with Crippen LogP contribution in [0.1, 0.15) is 36.3 Å². The smallest absolute Gasteiger partial charge is 0.266 e. The van der Waals surface area contributed by atoms with Crippen molar-refractivity contribution < 1.29 is 13.2 Å². The Morgan fingerprint density at radius 1 is 1.08 bits per heavy atom. The molecule has 1 N–H and O–H groups in total. The van der Waals surface area contributed by atoms with Gasteiger partial charge in [0.1, 0.15) is 17.5 Å². The first-order chi connectivity index (χ1) is 11.9. The molecule has 1 atom stereocenters. The predicted molar refractivity (Wildman–Crippen MR) is 95.4 cm³/mol. The van der Waals surface area contributed by atoms with E-state index in [1.807, 2.05) is 18.2 Å². The summed E-state index contributed by atoms with van der Waals surface area (Å²) < 4.78 is 41.1. The van der Waals surface area contributed by atoms with E-state index in [9.17, 15) is 13.2 Å². The van der Waals surface area contributed by atoms with Gasteiger partial charge in [-0.05, 0) is 32.0 Å². The van der Waals surface area contributed by atoms with E-state index in [1.54, 1.807) is 13.8 Å². The van der Waals surface area contributed by atoms with Crippen molar-refractivity contribution in [2.24, 2.45) is 0 Å². The summed E-state index contributed by atoms with van der Waals surface area (Å²) in [5.74, 6) is 0.193. The minimum Gasteiger partial charge on any atom is -0.363 e. The molecule has 7 heteroatoms. The normalized spacial score (nSPS) is 12.6. The Morgan fingerprint density at radius 2 is 1.80 bits per heavy atom. The van der Waals surface area contributed by atoms with Crippen molar-refractivity contribution >= 4 is 32.7 Å². The second-order valence-corrected chi connectivity index (χ2v) is 6.61.